The molecule has 3 aromatic carbocycles. The number of rotatable bonds is 6. The Bertz CT molecular complexity index is 1260. The summed E-state index contributed by atoms with van der Waals surface area (Å²) in [5, 5.41) is 12.5. The number of anilines is 1. The zero-order valence-corrected chi connectivity index (χ0v) is 18.1. The lowest BCUT2D eigenvalue weighted by atomic mass is 9.98. The number of hydrogen-bond donors (Lipinski definition) is 2. The summed E-state index contributed by atoms with van der Waals surface area (Å²) in [5.74, 6) is -1.31. The number of aromatic nitrogens is 1. The predicted octanol–water partition coefficient (Wildman–Crippen LogP) is 6.13. The molecule has 1 amide bonds. The van der Waals surface area contributed by atoms with Gasteiger partial charge in [0.2, 0.25) is 5.91 Å². The molecule has 5 nitrogen and oxygen atoms in total. The summed E-state index contributed by atoms with van der Waals surface area (Å²) in [7, 11) is 0. The quantitative estimate of drug-likeness (QED) is 0.352. The first-order valence-electron chi connectivity index (χ1n) is 9.77. The number of halogens is 1. The number of carboxylic acids is 1. The van der Waals surface area contributed by atoms with Crippen molar-refractivity contribution in [2.24, 2.45) is 0 Å². The molecule has 0 fully saturated rings. The molecule has 0 spiro atoms. The molecule has 2 N–H and O–H groups in total. The molecule has 1 heterocycles. The molecule has 0 saturated carbocycles. The van der Waals surface area contributed by atoms with Gasteiger partial charge in [0.05, 0.1) is 17.6 Å². The Labute approximate surface area is 187 Å². The highest BCUT2D eigenvalue weighted by Gasteiger charge is 2.11. The number of nitrogens with zero attached hydrogens (tertiary/aromatic N) is 1. The minimum atomic E-state index is -0.992. The van der Waals surface area contributed by atoms with Crippen molar-refractivity contribution in [1.82, 2.24) is 4.98 Å². The van der Waals surface area contributed by atoms with E-state index in [2.05, 4.69) is 45.5 Å². The fourth-order valence-corrected chi connectivity index (χ4v) is 3.73. The lowest BCUT2D eigenvalue weighted by Crippen LogP contribution is -2.13. The Hall–Kier alpha value is -3.51. The first-order chi connectivity index (χ1) is 15.0. The van der Waals surface area contributed by atoms with Crippen LogP contribution in [0.1, 0.15) is 12.8 Å². The molecule has 0 saturated heterocycles. The minimum Gasteiger partial charge on any atom is -0.481 e. The van der Waals surface area contributed by atoms with Gasteiger partial charge in [-0.2, -0.15) is 0 Å². The van der Waals surface area contributed by atoms with Gasteiger partial charge in [0.15, 0.2) is 0 Å². The number of nitrogens with one attached hydrogen (secondary N) is 1. The second-order valence-electron chi connectivity index (χ2n) is 7.10. The van der Waals surface area contributed by atoms with Crippen LogP contribution in [0.2, 0.25) is 0 Å². The van der Waals surface area contributed by atoms with E-state index in [1.54, 1.807) is 12.1 Å². The number of hydrogen-bond acceptors (Lipinski definition) is 3. The molecule has 0 aliphatic rings. The third-order valence-corrected chi connectivity index (χ3v) is 5.38. The first kappa shape index (κ1) is 20.8. The maximum atomic E-state index is 11.9. The number of amides is 1. The molecule has 31 heavy (non-hydrogen) atoms. The molecule has 0 bridgehead atoms. The van der Waals surface area contributed by atoms with E-state index in [9.17, 15) is 9.59 Å². The molecule has 0 aliphatic heterocycles. The lowest BCUT2D eigenvalue weighted by Gasteiger charge is -2.11. The van der Waals surface area contributed by atoms with E-state index in [4.69, 9.17) is 10.1 Å². The smallest absolute Gasteiger partial charge is 0.303 e. The van der Waals surface area contributed by atoms with E-state index in [1.165, 1.54) is 0 Å². The van der Waals surface area contributed by atoms with Gasteiger partial charge in [-0.15, -0.1) is 0 Å². The van der Waals surface area contributed by atoms with E-state index in [1.807, 2.05) is 42.5 Å². The third kappa shape index (κ3) is 4.98. The van der Waals surface area contributed by atoms with Crippen LogP contribution in [0.3, 0.4) is 0 Å². The summed E-state index contributed by atoms with van der Waals surface area (Å²) in [4.78, 5) is 27.3. The van der Waals surface area contributed by atoms with Crippen molar-refractivity contribution in [2.75, 3.05) is 5.32 Å². The van der Waals surface area contributed by atoms with Gasteiger partial charge in [-0.1, -0.05) is 58.4 Å². The van der Waals surface area contributed by atoms with Crippen molar-refractivity contribution >= 4 is 44.4 Å². The van der Waals surface area contributed by atoms with Crippen LogP contribution < -0.4 is 5.32 Å². The van der Waals surface area contributed by atoms with Crippen molar-refractivity contribution in [3.05, 3.63) is 83.3 Å². The Morgan fingerprint density at radius 1 is 0.871 bits per heavy atom. The molecule has 0 aliphatic carbocycles. The van der Waals surface area contributed by atoms with Crippen molar-refractivity contribution in [2.45, 2.75) is 12.8 Å². The van der Waals surface area contributed by atoms with Crippen molar-refractivity contribution < 1.29 is 14.7 Å². The molecule has 0 atom stereocenters. The van der Waals surface area contributed by atoms with E-state index >= 15 is 0 Å². The third-order valence-electron chi connectivity index (χ3n) is 4.89. The number of pyridine rings is 1. The van der Waals surface area contributed by atoms with Gasteiger partial charge in [-0.25, -0.2) is 4.98 Å². The molecule has 6 heteroatoms. The van der Waals surface area contributed by atoms with Crippen LogP contribution in [0, 0.1) is 0 Å². The van der Waals surface area contributed by atoms with Gasteiger partial charge in [0.25, 0.3) is 0 Å². The minimum absolute atomic E-state index is 0.0562. The van der Waals surface area contributed by atoms with Crippen molar-refractivity contribution in [3.8, 4) is 22.4 Å². The van der Waals surface area contributed by atoms with Gasteiger partial charge in [-0.3, -0.25) is 9.59 Å². The number of benzene rings is 3. The fourth-order valence-electron chi connectivity index (χ4n) is 3.37. The molecule has 154 valence electrons. The van der Waals surface area contributed by atoms with Crippen LogP contribution in [0.15, 0.2) is 83.3 Å². The van der Waals surface area contributed by atoms with Crippen molar-refractivity contribution in [1.29, 1.82) is 0 Å². The number of carbonyl (C=O) groups is 2. The highest BCUT2D eigenvalue weighted by atomic mass is 79.9. The van der Waals surface area contributed by atoms with Crippen LogP contribution in [0.25, 0.3) is 33.3 Å². The Kier molecular flexibility index (Phi) is 6.09. The second kappa shape index (κ2) is 9.10. The second-order valence-corrected chi connectivity index (χ2v) is 8.02. The summed E-state index contributed by atoms with van der Waals surface area (Å²) < 4.78 is 0.995. The van der Waals surface area contributed by atoms with E-state index in [0.29, 0.717) is 5.69 Å². The van der Waals surface area contributed by atoms with Crippen LogP contribution in [-0.2, 0) is 9.59 Å². The molecular formula is C25H19BrN2O3. The molecular weight excluding hydrogens is 456 g/mol. The normalized spacial score (nSPS) is 10.7. The van der Waals surface area contributed by atoms with Crippen LogP contribution in [0.4, 0.5) is 5.69 Å². The number of carboxylic acid groups (broad SMARTS) is 1. The standard InChI is InChI=1S/C25H19BrN2O3/c26-18-8-11-22-21(14-18)20(16-4-2-1-3-5-16)15-23(28-22)17-6-9-19(10-7-17)27-24(29)12-13-25(30)31/h1-11,14-15H,12-13H2,(H,27,29)(H,30,31). The van der Waals surface area contributed by atoms with Gasteiger partial charge in [-0.05, 0) is 47.5 Å². The topological polar surface area (TPSA) is 79.3 Å². The number of carbonyl (C=O) groups excluding carboxylic acids is 1. The SMILES string of the molecule is O=C(O)CCC(=O)Nc1ccc(-c2cc(-c3ccccc3)c3cc(Br)ccc3n2)cc1. The van der Waals surface area contributed by atoms with E-state index < -0.39 is 5.97 Å². The van der Waals surface area contributed by atoms with Gasteiger partial charge in [0.1, 0.15) is 0 Å². The predicted molar refractivity (Wildman–Crippen MR) is 126 cm³/mol. The molecule has 0 unspecified atom stereocenters. The average Bonchev–Trinajstić information content (AvgIpc) is 2.78. The molecule has 0 radical (unpaired) electrons. The molecule has 4 aromatic rings. The zero-order chi connectivity index (χ0) is 21.8. The summed E-state index contributed by atoms with van der Waals surface area (Å²) >= 11 is 3.55. The maximum Gasteiger partial charge on any atom is 0.303 e. The monoisotopic (exact) mass is 474 g/mol. The molecule has 1 aromatic heterocycles. The van der Waals surface area contributed by atoms with E-state index in [-0.39, 0.29) is 18.7 Å². The Balaban J connectivity index is 1.67. The summed E-state index contributed by atoms with van der Waals surface area (Å²) in [6.45, 7) is 0. The molecule has 4 rings (SSSR count). The zero-order valence-electron chi connectivity index (χ0n) is 16.5. The summed E-state index contributed by atoms with van der Waals surface area (Å²) in [5.41, 5.74) is 5.46. The lowest BCUT2D eigenvalue weighted by molar-refractivity contribution is -0.138. The average molecular weight is 475 g/mol. The first-order valence-corrected chi connectivity index (χ1v) is 10.6. The van der Waals surface area contributed by atoms with E-state index in [0.717, 1.165) is 37.8 Å². The largest absolute Gasteiger partial charge is 0.481 e. The van der Waals surface area contributed by atoms with Gasteiger partial charge < -0.3 is 10.4 Å². The van der Waals surface area contributed by atoms with Crippen LogP contribution in [0.5, 0.6) is 0 Å². The van der Waals surface area contributed by atoms with Crippen LogP contribution in [-0.4, -0.2) is 22.0 Å². The number of fused-ring (bicyclic) bond motifs is 1. The van der Waals surface area contributed by atoms with Gasteiger partial charge in [0, 0.05) is 27.5 Å². The number of aliphatic carboxylic acids is 1. The fraction of sp³-hybridized carbons (Fsp3) is 0.0800. The van der Waals surface area contributed by atoms with Gasteiger partial charge >= 0.3 is 5.97 Å². The summed E-state index contributed by atoms with van der Waals surface area (Å²) in [6, 6.07) is 25.7. The highest BCUT2D eigenvalue weighted by Crippen LogP contribution is 2.33. The van der Waals surface area contributed by atoms with Crippen LogP contribution >= 0.6 is 15.9 Å². The Morgan fingerprint density at radius 2 is 1.61 bits per heavy atom. The maximum absolute atomic E-state index is 11.9. The Morgan fingerprint density at radius 3 is 2.32 bits per heavy atom. The highest BCUT2D eigenvalue weighted by molar-refractivity contribution is 9.10. The van der Waals surface area contributed by atoms with Crippen molar-refractivity contribution in [3.63, 3.8) is 0 Å². The summed E-state index contributed by atoms with van der Waals surface area (Å²) in [6.07, 6.45) is -0.247.